The molecule has 0 bridgehead atoms. The Morgan fingerprint density at radius 2 is 1.94 bits per heavy atom. The number of imide groups is 1. The van der Waals surface area contributed by atoms with Crippen LogP contribution in [0, 0.1) is 0 Å². The molecule has 0 saturated carbocycles. The molecule has 2 rings (SSSR count). The molecule has 3 nitrogen and oxygen atoms in total. The van der Waals surface area contributed by atoms with Crippen molar-refractivity contribution in [3.63, 3.8) is 0 Å². The van der Waals surface area contributed by atoms with E-state index in [1.165, 1.54) is 0 Å². The Morgan fingerprint density at radius 3 is 2.47 bits per heavy atom. The molecule has 1 aliphatic heterocycles. The topological polar surface area (TPSA) is 46.2 Å². The van der Waals surface area contributed by atoms with Crippen LogP contribution >= 0.6 is 11.6 Å². The second kappa shape index (κ2) is 4.49. The van der Waals surface area contributed by atoms with E-state index in [-0.39, 0.29) is 5.91 Å². The lowest BCUT2D eigenvalue weighted by molar-refractivity contribution is -0.125. The van der Waals surface area contributed by atoms with Gasteiger partial charge in [-0.3, -0.25) is 14.9 Å². The summed E-state index contributed by atoms with van der Waals surface area (Å²) in [6, 6.07) is 7.68. The number of carbonyl (C=O) groups excluding carboxylic acids is 2. The van der Waals surface area contributed by atoms with Crippen LogP contribution in [0.15, 0.2) is 24.3 Å². The third-order valence-corrected chi connectivity index (χ3v) is 3.46. The van der Waals surface area contributed by atoms with E-state index in [2.05, 4.69) is 19.2 Å². The molecule has 0 radical (unpaired) electrons. The fraction of sp³-hybridized carbons (Fsp3) is 0.385. The highest BCUT2D eigenvalue weighted by atomic mass is 35.5. The van der Waals surface area contributed by atoms with Crippen molar-refractivity contribution in [2.45, 2.75) is 31.1 Å². The minimum absolute atomic E-state index is 0.309. The molecule has 90 valence electrons. The van der Waals surface area contributed by atoms with Crippen LogP contribution in [-0.2, 0) is 9.59 Å². The monoisotopic (exact) mass is 251 g/mol. The van der Waals surface area contributed by atoms with Crippen molar-refractivity contribution in [2.75, 3.05) is 0 Å². The lowest BCUT2D eigenvalue weighted by atomic mass is 9.92. The van der Waals surface area contributed by atoms with Crippen molar-refractivity contribution in [3.8, 4) is 0 Å². The zero-order valence-corrected chi connectivity index (χ0v) is 10.5. The van der Waals surface area contributed by atoms with Gasteiger partial charge in [-0.25, -0.2) is 0 Å². The van der Waals surface area contributed by atoms with Gasteiger partial charge in [-0.2, -0.15) is 0 Å². The third kappa shape index (κ3) is 2.20. The molecule has 0 spiro atoms. The maximum Gasteiger partial charge on any atom is 0.245 e. The smallest absolute Gasteiger partial charge is 0.245 e. The summed E-state index contributed by atoms with van der Waals surface area (Å²) in [5.74, 6) is -0.903. The first kappa shape index (κ1) is 12.1. The molecular formula is C13H14ClNO2. The number of hydrogen-bond acceptors (Lipinski definition) is 2. The molecule has 1 aromatic carbocycles. The van der Waals surface area contributed by atoms with Gasteiger partial charge in [0.1, 0.15) is 5.38 Å². The lowest BCUT2D eigenvalue weighted by Crippen LogP contribution is -2.22. The highest BCUT2D eigenvalue weighted by molar-refractivity contribution is 6.37. The van der Waals surface area contributed by atoms with E-state index in [1.807, 2.05) is 24.3 Å². The Hall–Kier alpha value is -1.35. The molecule has 1 aliphatic rings. The van der Waals surface area contributed by atoms with Gasteiger partial charge in [0.25, 0.3) is 0 Å². The first-order valence-electron chi connectivity index (χ1n) is 5.59. The molecule has 1 aromatic rings. The highest BCUT2D eigenvalue weighted by Gasteiger charge is 2.41. The van der Waals surface area contributed by atoms with Crippen LogP contribution in [0.5, 0.6) is 0 Å². The molecule has 1 fully saturated rings. The van der Waals surface area contributed by atoms with Crippen molar-refractivity contribution >= 4 is 23.4 Å². The van der Waals surface area contributed by atoms with Gasteiger partial charge in [0.15, 0.2) is 0 Å². The second-order valence-corrected chi connectivity index (χ2v) is 5.03. The fourth-order valence-electron chi connectivity index (χ4n) is 1.98. The molecular weight excluding hydrogens is 238 g/mol. The van der Waals surface area contributed by atoms with E-state index in [1.54, 1.807) is 0 Å². The molecule has 0 aliphatic carbocycles. The summed E-state index contributed by atoms with van der Waals surface area (Å²) >= 11 is 5.96. The van der Waals surface area contributed by atoms with Gasteiger partial charge < -0.3 is 0 Å². The van der Waals surface area contributed by atoms with Crippen LogP contribution in [-0.4, -0.2) is 17.2 Å². The Morgan fingerprint density at radius 1 is 1.24 bits per heavy atom. The van der Waals surface area contributed by atoms with Crippen LogP contribution in [0.2, 0.25) is 0 Å². The van der Waals surface area contributed by atoms with Gasteiger partial charge in [0, 0.05) is 0 Å². The van der Waals surface area contributed by atoms with Crippen molar-refractivity contribution in [3.05, 3.63) is 35.4 Å². The molecule has 1 heterocycles. The molecule has 2 atom stereocenters. The number of nitrogens with one attached hydrogen (secondary N) is 1. The fourth-order valence-corrected chi connectivity index (χ4v) is 2.30. The zero-order valence-electron chi connectivity index (χ0n) is 9.74. The van der Waals surface area contributed by atoms with E-state index < -0.39 is 17.2 Å². The predicted molar refractivity (Wildman–Crippen MR) is 66.1 cm³/mol. The SMILES string of the molecule is CC(C)c1cccc(C2C(=O)NC(=O)C2Cl)c1. The molecule has 0 aromatic heterocycles. The molecule has 2 amide bonds. The number of hydrogen-bond donors (Lipinski definition) is 1. The summed E-state index contributed by atoms with van der Waals surface area (Å²) < 4.78 is 0. The number of carbonyl (C=O) groups is 2. The largest absolute Gasteiger partial charge is 0.295 e. The minimum atomic E-state index is -0.801. The Labute approximate surface area is 105 Å². The van der Waals surface area contributed by atoms with Crippen LogP contribution < -0.4 is 5.32 Å². The van der Waals surface area contributed by atoms with Crippen molar-refractivity contribution in [1.29, 1.82) is 0 Å². The molecule has 4 heteroatoms. The average Bonchev–Trinajstić information content (AvgIpc) is 2.53. The number of alkyl halides is 1. The lowest BCUT2D eigenvalue weighted by Gasteiger charge is -2.13. The van der Waals surface area contributed by atoms with Gasteiger partial charge >= 0.3 is 0 Å². The normalized spacial score (nSPS) is 24.2. The van der Waals surface area contributed by atoms with E-state index in [0.717, 1.165) is 11.1 Å². The maximum absolute atomic E-state index is 11.7. The van der Waals surface area contributed by atoms with Crippen LogP contribution in [0.25, 0.3) is 0 Å². The Balaban J connectivity index is 2.37. The molecule has 17 heavy (non-hydrogen) atoms. The van der Waals surface area contributed by atoms with Crippen molar-refractivity contribution in [1.82, 2.24) is 5.32 Å². The summed E-state index contributed by atoms with van der Waals surface area (Å²) in [6.07, 6.45) is 0. The van der Waals surface area contributed by atoms with Gasteiger partial charge in [0.05, 0.1) is 5.92 Å². The minimum Gasteiger partial charge on any atom is -0.295 e. The summed E-state index contributed by atoms with van der Waals surface area (Å²) in [4.78, 5) is 23.0. The first-order chi connectivity index (χ1) is 8.00. The van der Waals surface area contributed by atoms with Crippen LogP contribution in [0.1, 0.15) is 36.8 Å². The van der Waals surface area contributed by atoms with E-state index in [0.29, 0.717) is 5.92 Å². The van der Waals surface area contributed by atoms with Crippen molar-refractivity contribution < 1.29 is 9.59 Å². The number of benzene rings is 1. The van der Waals surface area contributed by atoms with Crippen molar-refractivity contribution in [2.24, 2.45) is 0 Å². The van der Waals surface area contributed by atoms with Crippen LogP contribution in [0.4, 0.5) is 0 Å². The summed E-state index contributed by atoms with van der Waals surface area (Å²) in [5.41, 5.74) is 1.94. The number of amides is 2. The van der Waals surface area contributed by atoms with Gasteiger partial charge in [-0.05, 0) is 17.0 Å². The third-order valence-electron chi connectivity index (χ3n) is 3.01. The van der Waals surface area contributed by atoms with Crippen LogP contribution in [0.3, 0.4) is 0 Å². The summed E-state index contributed by atoms with van der Waals surface area (Å²) in [5, 5.41) is 1.45. The standard InChI is InChI=1S/C13H14ClNO2/c1-7(2)8-4-3-5-9(6-8)10-11(14)13(17)15-12(10)16/h3-7,10-11H,1-2H3,(H,15,16,17). The quantitative estimate of drug-likeness (QED) is 0.647. The zero-order chi connectivity index (χ0) is 12.6. The van der Waals surface area contributed by atoms with E-state index in [9.17, 15) is 9.59 Å². The van der Waals surface area contributed by atoms with Gasteiger partial charge in [-0.15, -0.1) is 11.6 Å². The van der Waals surface area contributed by atoms with Gasteiger partial charge in [0.2, 0.25) is 11.8 Å². The Kier molecular flexibility index (Phi) is 3.20. The number of rotatable bonds is 2. The van der Waals surface area contributed by atoms with E-state index in [4.69, 9.17) is 11.6 Å². The Bertz CT molecular complexity index is 470. The highest BCUT2D eigenvalue weighted by Crippen LogP contribution is 2.30. The second-order valence-electron chi connectivity index (χ2n) is 4.56. The molecule has 2 unspecified atom stereocenters. The first-order valence-corrected chi connectivity index (χ1v) is 6.03. The molecule has 1 N–H and O–H groups in total. The maximum atomic E-state index is 11.7. The number of halogens is 1. The van der Waals surface area contributed by atoms with E-state index >= 15 is 0 Å². The summed E-state index contributed by atoms with van der Waals surface area (Å²) in [7, 11) is 0. The average molecular weight is 252 g/mol. The van der Waals surface area contributed by atoms with Gasteiger partial charge in [-0.1, -0.05) is 38.1 Å². The summed E-state index contributed by atoms with van der Waals surface area (Å²) in [6.45, 7) is 4.16. The molecule has 1 saturated heterocycles. The predicted octanol–water partition coefficient (Wildman–Crippen LogP) is 2.16.